The number of rotatable bonds is 6. The quantitative estimate of drug-likeness (QED) is 0.403. The van der Waals surface area contributed by atoms with Gasteiger partial charge in [-0.25, -0.2) is 4.98 Å². The van der Waals surface area contributed by atoms with Gasteiger partial charge in [0.25, 0.3) is 5.89 Å². The summed E-state index contributed by atoms with van der Waals surface area (Å²) in [6.07, 6.45) is -2.97. The van der Waals surface area contributed by atoms with Crippen LogP contribution in [0, 0.1) is 6.92 Å². The molecule has 0 radical (unpaired) electrons. The highest BCUT2D eigenvalue weighted by Gasteiger charge is 2.31. The van der Waals surface area contributed by atoms with Crippen LogP contribution in [0.1, 0.15) is 11.3 Å². The van der Waals surface area contributed by atoms with E-state index in [2.05, 4.69) is 29.9 Å². The van der Waals surface area contributed by atoms with Gasteiger partial charge in [0.15, 0.2) is 5.69 Å². The summed E-state index contributed by atoms with van der Waals surface area (Å²) in [4.78, 5) is 11.0. The fourth-order valence-electron chi connectivity index (χ4n) is 3.72. The van der Waals surface area contributed by atoms with Gasteiger partial charge in [0.05, 0.1) is 19.8 Å². The monoisotopic (exact) mass is 486 g/mol. The number of nitrogens with zero attached hydrogens (tertiary/aromatic N) is 6. The SMILES string of the molecule is Cc1cc(-c2nc(-c3ccc(OC(F)(F)F)cc3)no2)nn1Cc1ccnc(N2CCOCC2)c1. The molecule has 5 rings (SSSR count). The lowest BCUT2D eigenvalue weighted by atomic mass is 10.2. The molecule has 0 atom stereocenters. The second-order valence-corrected chi connectivity index (χ2v) is 7.95. The maximum Gasteiger partial charge on any atom is 0.573 e. The van der Waals surface area contributed by atoms with Crippen LogP contribution in [0.25, 0.3) is 23.0 Å². The van der Waals surface area contributed by atoms with Gasteiger partial charge in [-0.3, -0.25) is 4.68 Å². The van der Waals surface area contributed by atoms with Crippen molar-refractivity contribution in [1.82, 2.24) is 24.9 Å². The standard InChI is InChI=1S/C23H21F3N6O3/c1-15-12-19(22-28-21(30-35-22)17-2-4-18(5-3-17)34-23(24,25)26)29-32(15)14-16-6-7-27-20(13-16)31-8-10-33-11-9-31/h2-7,12-13H,8-11,14H2,1H3. The number of ether oxygens (including phenoxy) is 2. The molecule has 182 valence electrons. The second kappa shape index (κ2) is 9.37. The normalized spacial score (nSPS) is 14.3. The average molecular weight is 486 g/mol. The Hall–Kier alpha value is -3.93. The average Bonchev–Trinajstić information content (AvgIpc) is 3.47. The minimum atomic E-state index is -4.75. The van der Waals surface area contributed by atoms with Crippen molar-refractivity contribution >= 4 is 5.82 Å². The number of hydrogen-bond acceptors (Lipinski definition) is 8. The number of pyridine rings is 1. The molecule has 0 bridgehead atoms. The first-order valence-electron chi connectivity index (χ1n) is 10.9. The van der Waals surface area contributed by atoms with Crippen molar-refractivity contribution in [3.8, 4) is 28.7 Å². The molecule has 1 saturated heterocycles. The number of aromatic nitrogens is 5. The molecular weight excluding hydrogens is 465 g/mol. The molecule has 3 aromatic heterocycles. The zero-order valence-corrected chi connectivity index (χ0v) is 18.7. The molecule has 4 aromatic rings. The Morgan fingerprint density at radius 3 is 2.57 bits per heavy atom. The highest BCUT2D eigenvalue weighted by Crippen LogP contribution is 2.27. The second-order valence-electron chi connectivity index (χ2n) is 7.95. The summed E-state index contributed by atoms with van der Waals surface area (Å²) in [7, 11) is 0. The minimum Gasteiger partial charge on any atom is -0.406 e. The largest absolute Gasteiger partial charge is 0.573 e. The molecule has 4 heterocycles. The van der Waals surface area contributed by atoms with Crippen LogP contribution in [-0.2, 0) is 11.3 Å². The zero-order valence-electron chi connectivity index (χ0n) is 18.7. The summed E-state index contributed by atoms with van der Waals surface area (Å²) in [5.41, 5.74) is 2.93. The minimum absolute atomic E-state index is 0.209. The summed E-state index contributed by atoms with van der Waals surface area (Å²) >= 11 is 0. The summed E-state index contributed by atoms with van der Waals surface area (Å²) in [6.45, 7) is 5.44. The maximum absolute atomic E-state index is 12.4. The van der Waals surface area contributed by atoms with Crippen molar-refractivity contribution in [3.05, 3.63) is 59.9 Å². The van der Waals surface area contributed by atoms with E-state index >= 15 is 0 Å². The number of aryl methyl sites for hydroxylation is 1. The van der Waals surface area contributed by atoms with E-state index in [9.17, 15) is 13.2 Å². The molecule has 1 aliphatic heterocycles. The molecule has 1 aliphatic rings. The molecule has 1 fully saturated rings. The van der Waals surface area contributed by atoms with E-state index in [4.69, 9.17) is 9.26 Å². The van der Waals surface area contributed by atoms with Gasteiger partial charge >= 0.3 is 6.36 Å². The van der Waals surface area contributed by atoms with E-state index in [-0.39, 0.29) is 17.5 Å². The summed E-state index contributed by atoms with van der Waals surface area (Å²) < 4.78 is 53.5. The van der Waals surface area contributed by atoms with E-state index in [0.29, 0.717) is 31.0 Å². The molecule has 0 N–H and O–H groups in total. The molecule has 35 heavy (non-hydrogen) atoms. The predicted molar refractivity (Wildman–Crippen MR) is 119 cm³/mol. The molecule has 9 nitrogen and oxygen atoms in total. The lowest BCUT2D eigenvalue weighted by Crippen LogP contribution is -2.36. The van der Waals surface area contributed by atoms with E-state index in [0.717, 1.165) is 30.2 Å². The molecule has 0 saturated carbocycles. The van der Waals surface area contributed by atoms with Crippen LogP contribution in [0.15, 0.2) is 53.2 Å². The molecule has 12 heteroatoms. The van der Waals surface area contributed by atoms with Gasteiger partial charge in [0.2, 0.25) is 5.82 Å². The van der Waals surface area contributed by atoms with E-state index in [1.165, 1.54) is 24.3 Å². The first-order chi connectivity index (χ1) is 16.8. The van der Waals surface area contributed by atoms with Crippen molar-refractivity contribution in [2.75, 3.05) is 31.2 Å². The van der Waals surface area contributed by atoms with Crippen LogP contribution in [0.4, 0.5) is 19.0 Å². The number of anilines is 1. The van der Waals surface area contributed by atoms with Gasteiger partial charge in [-0.2, -0.15) is 10.1 Å². The molecule has 1 aromatic carbocycles. The lowest BCUT2D eigenvalue weighted by molar-refractivity contribution is -0.274. The Morgan fingerprint density at radius 2 is 1.83 bits per heavy atom. The van der Waals surface area contributed by atoms with Gasteiger partial charge in [0, 0.05) is 30.5 Å². The summed E-state index contributed by atoms with van der Waals surface area (Å²) in [5, 5.41) is 8.53. The van der Waals surface area contributed by atoms with Gasteiger partial charge < -0.3 is 18.9 Å². The van der Waals surface area contributed by atoms with Crippen LogP contribution in [-0.4, -0.2) is 57.6 Å². The topological polar surface area (TPSA) is 91.3 Å². The van der Waals surface area contributed by atoms with Crippen molar-refractivity contribution in [3.63, 3.8) is 0 Å². The molecule has 0 amide bonds. The van der Waals surface area contributed by atoms with E-state index in [1.807, 2.05) is 29.8 Å². The Balaban J connectivity index is 1.30. The van der Waals surface area contributed by atoms with Gasteiger partial charge in [0.1, 0.15) is 11.6 Å². The first kappa shape index (κ1) is 22.8. The lowest BCUT2D eigenvalue weighted by Gasteiger charge is -2.28. The highest BCUT2D eigenvalue weighted by atomic mass is 19.4. The van der Waals surface area contributed by atoms with Crippen LogP contribution < -0.4 is 9.64 Å². The van der Waals surface area contributed by atoms with Gasteiger partial charge in [-0.15, -0.1) is 13.2 Å². The van der Waals surface area contributed by atoms with Gasteiger partial charge in [-0.1, -0.05) is 5.16 Å². The summed E-state index contributed by atoms with van der Waals surface area (Å²) in [5.74, 6) is 1.02. The fraction of sp³-hybridized carbons (Fsp3) is 0.304. The third-order valence-corrected chi connectivity index (χ3v) is 5.45. The fourth-order valence-corrected chi connectivity index (χ4v) is 3.72. The van der Waals surface area contributed by atoms with Crippen LogP contribution in [0.3, 0.4) is 0 Å². The number of halogens is 3. The van der Waals surface area contributed by atoms with Crippen LogP contribution in [0.2, 0.25) is 0 Å². The highest BCUT2D eigenvalue weighted by molar-refractivity contribution is 5.59. The molecule has 0 unspecified atom stereocenters. The molecule has 0 spiro atoms. The third-order valence-electron chi connectivity index (χ3n) is 5.45. The van der Waals surface area contributed by atoms with Crippen LogP contribution >= 0.6 is 0 Å². The van der Waals surface area contributed by atoms with Crippen molar-refractivity contribution < 1.29 is 27.2 Å². The Morgan fingerprint density at radius 1 is 1.06 bits per heavy atom. The predicted octanol–water partition coefficient (Wildman–Crippen LogP) is 4.09. The third kappa shape index (κ3) is 5.43. The van der Waals surface area contributed by atoms with Gasteiger partial charge in [-0.05, 0) is 55.0 Å². The Kier molecular flexibility index (Phi) is 6.12. The summed E-state index contributed by atoms with van der Waals surface area (Å²) in [6, 6.07) is 11.1. The number of hydrogen-bond donors (Lipinski definition) is 0. The van der Waals surface area contributed by atoms with E-state index < -0.39 is 6.36 Å². The molecule has 0 aliphatic carbocycles. The van der Waals surface area contributed by atoms with E-state index in [1.54, 1.807) is 6.20 Å². The number of morpholine rings is 1. The zero-order chi connectivity index (χ0) is 24.4. The van der Waals surface area contributed by atoms with Crippen LogP contribution in [0.5, 0.6) is 5.75 Å². The Bertz CT molecular complexity index is 1300. The smallest absolute Gasteiger partial charge is 0.406 e. The number of alkyl halides is 3. The number of benzene rings is 1. The van der Waals surface area contributed by atoms with Crippen molar-refractivity contribution in [1.29, 1.82) is 0 Å². The van der Waals surface area contributed by atoms with Crippen molar-refractivity contribution in [2.45, 2.75) is 19.8 Å². The Labute approximate surface area is 198 Å². The maximum atomic E-state index is 12.4. The molecular formula is C23H21F3N6O3. The first-order valence-corrected chi connectivity index (χ1v) is 10.9. The van der Waals surface area contributed by atoms with Crippen molar-refractivity contribution in [2.24, 2.45) is 0 Å².